The molecule has 2 N–H and O–H groups in total. The predicted octanol–water partition coefficient (Wildman–Crippen LogP) is 0.0823. The summed E-state index contributed by atoms with van der Waals surface area (Å²) in [6.45, 7) is 1.29. The number of amides is 1. The summed E-state index contributed by atoms with van der Waals surface area (Å²) in [6, 6.07) is 5.08. The molecule has 6 heteroatoms. The smallest absolute Gasteiger partial charge is 0.275 e. The largest absolute Gasteiger partial charge is 0.410 e. The Morgan fingerprint density at radius 2 is 2.17 bits per heavy atom. The highest BCUT2D eigenvalue weighted by Crippen LogP contribution is 1.97. The number of likely N-dealkylation sites (N-methyl/N-ethyl adjacent to an activating group) is 1. The Hall–Kier alpha value is -1.95. The predicted molar refractivity (Wildman–Crippen MR) is 68.5 cm³/mol. The molecule has 0 atom stereocenters. The van der Waals surface area contributed by atoms with Gasteiger partial charge in [-0.05, 0) is 12.1 Å². The van der Waals surface area contributed by atoms with Crippen molar-refractivity contribution in [1.82, 2.24) is 10.3 Å². The topological polar surface area (TPSA) is 74.6 Å². The molecule has 0 radical (unpaired) electrons. The Kier molecular flexibility index (Phi) is 4.79. The van der Waals surface area contributed by atoms with Crippen LogP contribution in [-0.4, -0.2) is 60.5 Å². The van der Waals surface area contributed by atoms with E-state index in [0.29, 0.717) is 12.2 Å². The van der Waals surface area contributed by atoms with Crippen LogP contribution in [0.3, 0.4) is 0 Å². The molecule has 0 saturated heterocycles. The number of rotatable bonds is 5. The minimum absolute atomic E-state index is 0.0722. The van der Waals surface area contributed by atoms with Gasteiger partial charge in [0.1, 0.15) is 0 Å². The van der Waals surface area contributed by atoms with E-state index in [1.54, 1.807) is 24.4 Å². The second-order valence-electron chi connectivity index (χ2n) is 4.93. The Balaban J connectivity index is 2.60. The number of carbonyl (C=O) groups excluding carboxylic acids is 1. The van der Waals surface area contributed by atoms with Gasteiger partial charge in [-0.25, -0.2) is 0 Å². The molecule has 1 heterocycles. The lowest BCUT2D eigenvalue weighted by atomic mass is 10.2. The van der Waals surface area contributed by atoms with E-state index in [2.05, 4.69) is 15.5 Å². The number of nitrogens with zero attached hydrogens (tertiary/aromatic N) is 3. The Morgan fingerprint density at radius 1 is 1.44 bits per heavy atom. The van der Waals surface area contributed by atoms with Gasteiger partial charge in [0.25, 0.3) is 5.91 Å². The van der Waals surface area contributed by atoms with Crippen molar-refractivity contribution in [2.24, 2.45) is 5.16 Å². The lowest BCUT2D eigenvalue weighted by molar-refractivity contribution is -0.869. The SMILES string of the molecule is C[N+](C)(C)CCNC(=O)C(=NO)c1ccccn1. The minimum atomic E-state index is -0.426. The summed E-state index contributed by atoms with van der Waals surface area (Å²) in [5.41, 5.74) is 0.278. The number of hydrogen-bond acceptors (Lipinski definition) is 4. The van der Waals surface area contributed by atoms with Gasteiger partial charge in [-0.2, -0.15) is 0 Å². The van der Waals surface area contributed by atoms with Crippen LogP contribution in [0.5, 0.6) is 0 Å². The summed E-state index contributed by atoms with van der Waals surface area (Å²) in [4.78, 5) is 15.8. The maximum Gasteiger partial charge on any atom is 0.275 e. The number of pyridine rings is 1. The van der Waals surface area contributed by atoms with E-state index in [4.69, 9.17) is 5.21 Å². The van der Waals surface area contributed by atoms with Crippen molar-refractivity contribution in [1.29, 1.82) is 0 Å². The lowest BCUT2D eigenvalue weighted by Crippen LogP contribution is -2.43. The van der Waals surface area contributed by atoms with Gasteiger partial charge in [-0.1, -0.05) is 11.2 Å². The highest BCUT2D eigenvalue weighted by Gasteiger charge is 2.16. The molecular weight excluding hydrogens is 232 g/mol. The van der Waals surface area contributed by atoms with Crippen molar-refractivity contribution >= 4 is 11.6 Å². The van der Waals surface area contributed by atoms with Crippen LogP contribution in [0.2, 0.25) is 0 Å². The first-order chi connectivity index (χ1) is 8.44. The number of aromatic nitrogens is 1. The molecule has 1 amide bonds. The normalized spacial score (nSPS) is 12.3. The maximum atomic E-state index is 11.8. The van der Waals surface area contributed by atoms with E-state index in [9.17, 15) is 4.79 Å². The zero-order valence-electron chi connectivity index (χ0n) is 10.9. The Labute approximate surface area is 107 Å². The molecule has 0 aromatic carbocycles. The van der Waals surface area contributed by atoms with E-state index in [1.807, 2.05) is 21.1 Å². The van der Waals surface area contributed by atoms with Crippen LogP contribution in [0.4, 0.5) is 0 Å². The summed E-state index contributed by atoms with van der Waals surface area (Å²) in [5.74, 6) is -0.426. The summed E-state index contributed by atoms with van der Waals surface area (Å²) in [7, 11) is 6.10. The third kappa shape index (κ3) is 4.50. The van der Waals surface area contributed by atoms with Crippen LogP contribution in [0.15, 0.2) is 29.6 Å². The van der Waals surface area contributed by atoms with Crippen molar-refractivity contribution in [3.05, 3.63) is 30.1 Å². The van der Waals surface area contributed by atoms with Crippen LogP contribution >= 0.6 is 0 Å². The van der Waals surface area contributed by atoms with E-state index in [-0.39, 0.29) is 5.71 Å². The van der Waals surface area contributed by atoms with Crippen molar-refractivity contribution in [2.75, 3.05) is 34.2 Å². The summed E-state index contributed by atoms with van der Waals surface area (Å²) in [5, 5.41) is 14.6. The fourth-order valence-electron chi connectivity index (χ4n) is 1.30. The highest BCUT2D eigenvalue weighted by molar-refractivity contribution is 6.44. The van der Waals surface area contributed by atoms with Crippen molar-refractivity contribution in [2.45, 2.75) is 0 Å². The molecule has 1 rings (SSSR count). The summed E-state index contributed by atoms with van der Waals surface area (Å²) >= 11 is 0. The molecule has 0 saturated carbocycles. The Bertz CT molecular complexity index is 423. The van der Waals surface area contributed by atoms with Gasteiger partial charge in [-0.15, -0.1) is 0 Å². The van der Waals surface area contributed by atoms with E-state index < -0.39 is 5.91 Å². The quantitative estimate of drug-likeness (QED) is 0.337. The first-order valence-electron chi connectivity index (χ1n) is 5.66. The minimum Gasteiger partial charge on any atom is -0.410 e. The molecule has 1 aromatic heterocycles. The monoisotopic (exact) mass is 251 g/mol. The average molecular weight is 251 g/mol. The zero-order valence-corrected chi connectivity index (χ0v) is 10.9. The van der Waals surface area contributed by atoms with E-state index in [0.717, 1.165) is 11.0 Å². The van der Waals surface area contributed by atoms with Gasteiger partial charge < -0.3 is 15.0 Å². The number of carbonyl (C=O) groups is 1. The second kappa shape index (κ2) is 6.11. The molecule has 0 aliphatic rings. The van der Waals surface area contributed by atoms with Gasteiger partial charge in [0.05, 0.1) is 39.9 Å². The van der Waals surface area contributed by atoms with Crippen LogP contribution < -0.4 is 5.32 Å². The zero-order chi connectivity index (χ0) is 13.6. The van der Waals surface area contributed by atoms with Crippen molar-refractivity contribution in [3.63, 3.8) is 0 Å². The number of quaternary nitrogens is 1. The molecule has 1 aromatic rings. The molecule has 0 bridgehead atoms. The van der Waals surface area contributed by atoms with Gasteiger partial charge in [0.15, 0.2) is 5.71 Å². The van der Waals surface area contributed by atoms with Crippen molar-refractivity contribution < 1.29 is 14.5 Å². The molecule has 6 nitrogen and oxygen atoms in total. The molecule has 98 valence electrons. The van der Waals surface area contributed by atoms with Gasteiger partial charge >= 0.3 is 0 Å². The average Bonchev–Trinajstić information content (AvgIpc) is 2.29. The van der Waals surface area contributed by atoms with Gasteiger partial charge in [0, 0.05) is 6.20 Å². The van der Waals surface area contributed by atoms with Gasteiger partial charge in [0.2, 0.25) is 0 Å². The van der Waals surface area contributed by atoms with Crippen LogP contribution in [0, 0.1) is 0 Å². The molecule has 18 heavy (non-hydrogen) atoms. The molecule has 0 aliphatic carbocycles. The fourth-order valence-corrected chi connectivity index (χ4v) is 1.30. The van der Waals surface area contributed by atoms with Gasteiger partial charge in [-0.3, -0.25) is 9.78 Å². The van der Waals surface area contributed by atoms with Crippen LogP contribution in [0.25, 0.3) is 0 Å². The molecule has 0 spiro atoms. The third-order valence-electron chi connectivity index (χ3n) is 2.29. The van der Waals surface area contributed by atoms with Crippen molar-refractivity contribution in [3.8, 4) is 0 Å². The Morgan fingerprint density at radius 3 is 2.67 bits per heavy atom. The highest BCUT2D eigenvalue weighted by atomic mass is 16.4. The number of oxime groups is 1. The van der Waals surface area contributed by atoms with E-state index in [1.165, 1.54) is 0 Å². The summed E-state index contributed by atoms with van der Waals surface area (Å²) in [6.07, 6.45) is 1.54. The molecular formula is C12H19N4O2+. The molecule has 0 unspecified atom stereocenters. The molecule has 0 fully saturated rings. The first-order valence-corrected chi connectivity index (χ1v) is 5.66. The molecule has 0 aliphatic heterocycles. The number of hydrogen-bond donors (Lipinski definition) is 2. The van der Waals surface area contributed by atoms with Crippen LogP contribution in [0.1, 0.15) is 5.69 Å². The van der Waals surface area contributed by atoms with E-state index >= 15 is 0 Å². The summed E-state index contributed by atoms with van der Waals surface area (Å²) < 4.78 is 0.746. The lowest BCUT2D eigenvalue weighted by Gasteiger charge is -2.23. The fraction of sp³-hybridized carbons (Fsp3) is 0.417. The third-order valence-corrected chi connectivity index (χ3v) is 2.29. The first kappa shape index (κ1) is 14.1. The second-order valence-corrected chi connectivity index (χ2v) is 4.93. The number of nitrogens with one attached hydrogen (secondary N) is 1. The van der Waals surface area contributed by atoms with Crippen LogP contribution in [-0.2, 0) is 4.79 Å². The standard InChI is InChI=1S/C12H18N4O2/c1-16(2,3)9-8-14-12(17)11(15-18)10-6-4-5-7-13-10/h4-7H,8-9H2,1-3H3,(H-,13,14,17,18)/p+1. The maximum absolute atomic E-state index is 11.8.